The molecule has 0 radical (unpaired) electrons. The molecule has 4 nitrogen and oxygen atoms in total. The van der Waals surface area contributed by atoms with Gasteiger partial charge in [-0.1, -0.05) is 0 Å². The van der Waals surface area contributed by atoms with E-state index in [0.29, 0.717) is 5.69 Å². The third-order valence-corrected chi connectivity index (χ3v) is 1.30. The van der Waals surface area contributed by atoms with Gasteiger partial charge in [0.1, 0.15) is 0 Å². The van der Waals surface area contributed by atoms with E-state index in [4.69, 9.17) is 11.5 Å². The monoisotopic (exact) mass is 174 g/mol. The maximum atomic E-state index is 10.3. The quantitative estimate of drug-likeness (QED) is 0.337. The van der Waals surface area contributed by atoms with Crippen LogP contribution in [0.15, 0.2) is 18.2 Å². The minimum atomic E-state index is -1.29. The maximum absolute atomic E-state index is 10.3. The second kappa shape index (κ2) is 4.35. The van der Waals surface area contributed by atoms with E-state index < -0.39 is 5.97 Å². The molecule has 0 saturated carbocycles. The Morgan fingerprint density at radius 3 is 2.33 bits per heavy atom. The summed E-state index contributed by atoms with van der Waals surface area (Å²) in [5.74, 6) is -1.29. The Hall–Kier alpha value is -0.710. The van der Waals surface area contributed by atoms with Crippen LogP contribution >= 0.6 is 0 Å². The average Bonchev–Trinajstić information content (AvgIpc) is 1.85. The smallest absolute Gasteiger partial charge is 0.545 e. The van der Waals surface area contributed by atoms with Crippen molar-refractivity contribution in [2.75, 3.05) is 11.5 Å². The van der Waals surface area contributed by atoms with Gasteiger partial charge in [0.25, 0.3) is 0 Å². The molecule has 1 aromatic carbocycles. The standard InChI is InChI=1S/C7H8N2O2.Na/c8-4-1-2-5(7(10)11)6(9)3-4;/h1-3H,8-9H2,(H,10,11);/q;+1/p-1. The van der Waals surface area contributed by atoms with Crippen LogP contribution in [0.5, 0.6) is 0 Å². The molecule has 0 atom stereocenters. The van der Waals surface area contributed by atoms with E-state index in [0.717, 1.165) is 0 Å². The number of carbonyl (C=O) groups excluding carboxylic acids is 1. The number of hydrogen-bond acceptors (Lipinski definition) is 4. The first-order chi connectivity index (χ1) is 5.11. The number of aromatic carboxylic acids is 1. The molecule has 0 aromatic heterocycles. The van der Waals surface area contributed by atoms with Crippen molar-refractivity contribution in [3.8, 4) is 0 Å². The Labute approximate surface area is 91.8 Å². The van der Waals surface area contributed by atoms with Crippen LogP contribution in [0.4, 0.5) is 11.4 Å². The second-order valence-electron chi connectivity index (χ2n) is 2.13. The van der Waals surface area contributed by atoms with Crippen molar-refractivity contribution in [2.24, 2.45) is 0 Å². The van der Waals surface area contributed by atoms with Crippen LogP contribution in [-0.4, -0.2) is 5.97 Å². The predicted molar refractivity (Wildman–Crippen MR) is 39.6 cm³/mol. The summed E-state index contributed by atoms with van der Waals surface area (Å²) in [5, 5.41) is 10.3. The fourth-order valence-corrected chi connectivity index (χ4v) is 0.767. The molecule has 5 heteroatoms. The van der Waals surface area contributed by atoms with Crippen molar-refractivity contribution in [3.05, 3.63) is 23.8 Å². The predicted octanol–water partition coefficient (Wildman–Crippen LogP) is -3.78. The van der Waals surface area contributed by atoms with Crippen molar-refractivity contribution in [1.82, 2.24) is 0 Å². The van der Waals surface area contributed by atoms with Crippen molar-refractivity contribution < 1.29 is 39.5 Å². The molecule has 0 unspecified atom stereocenters. The molecular formula is C7H7N2NaO2. The van der Waals surface area contributed by atoms with E-state index in [1.807, 2.05) is 0 Å². The van der Waals surface area contributed by atoms with Gasteiger partial charge in [-0.05, 0) is 18.2 Å². The Bertz CT molecular complexity index is 301. The summed E-state index contributed by atoms with van der Waals surface area (Å²) in [4.78, 5) is 10.3. The molecule has 0 spiro atoms. The summed E-state index contributed by atoms with van der Waals surface area (Å²) < 4.78 is 0. The summed E-state index contributed by atoms with van der Waals surface area (Å²) in [7, 11) is 0. The van der Waals surface area contributed by atoms with Gasteiger partial charge in [-0.15, -0.1) is 0 Å². The number of carbonyl (C=O) groups is 1. The van der Waals surface area contributed by atoms with Crippen LogP contribution in [-0.2, 0) is 0 Å². The average molecular weight is 174 g/mol. The van der Waals surface area contributed by atoms with Gasteiger partial charge in [-0.25, -0.2) is 0 Å². The van der Waals surface area contributed by atoms with E-state index in [1.54, 1.807) is 0 Å². The van der Waals surface area contributed by atoms with E-state index in [-0.39, 0.29) is 40.8 Å². The fourth-order valence-electron chi connectivity index (χ4n) is 0.767. The van der Waals surface area contributed by atoms with Gasteiger partial charge in [0, 0.05) is 16.9 Å². The van der Waals surface area contributed by atoms with Crippen LogP contribution in [0.3, 0.4) is 0 Å². The number of carboxylic acids is 1. The molecule has 0 saturated heterocycles. The molecule has 0 amide bonds. The molecule has 4 N–H and O–H groups in total. The first-order valence-electron chi connectivity index (χ1n) is 2.97. The third-order valence-electron chi connectivity index (χ3n) is 1.30. The number of rotatable bonds is 1. The molecule has 0 fully saturated rings. The van der Waals surface area contributed by atoms with Gasteiger partial charge in [-0.2, -0.15) is 0 Å². The number of hydrogen-bond donors (Lipinski definition) is 2. The SMILES string of the molecule is Nc1ccc(C(=O)[O-])c(N)c1.[Na+]. The van der Waals surface area contributed by atoms with Crippen molar-refractivity contribution >= 4 is 17.3 Å². The molecule has 0 aliphatic heterocycles. The van der Waals surface area contributed by atoms with Gasteiger partial charge in [0.2, 0.25) is 0 Å². The number of nitrogens with two attached hydrogens (primary N) is 2. The Morgan fingerprint density at radius 2 is 1.92 bits per heavy atom. The topological polar surface area (TPSA) is 92.2 Å². The van der Waals surface area contributed by atoms with E-state index in [9.17, 15) is 9.90 Å². The van der Waals surface area contributed by atoms with Crippen LogP contribution in [0.2, 0.25) is 0 Å². The number of nitrogen functional groups attached to an aromatic ring is 2. The van der Waals surface area contributed by atoms with Crippen molar-refractivity contribution in [2.45, 2.75) is 0 Å². The first kappa shape index (κ1) is 11.3. The molecule has 0 aliphatic carbocycles. The van der Waals surface area contributed by atoms with Gasteiger partial charge in [-0.3, -0.25) is 0 Å². The van der Waals surface area contributed by atoms with Crippen LogP contribution in [0.25, 0.3) is 0 Å². The van der Waals surface area contributed by atoms with Crippen LogP contribution in [0.1, 0.15) is 10.4 Å². The summed E-state index contributed by atoms with van der Waals surface area (Å²) in [6.07, 6.45) is 0. The first-order valence-corrected chi connectivity index (χ1v) is 2.97. The minimum absolute atomic E-state index is 0. The van der Waals surface area contributed by atoms with E-state index >= 15 is 0 Å². The van der Waals surface area contributed by atoms with Crippen LogP contribution < -0.4 is 46.1 Å². The third kappa shape index (κ3) is 2.41. The minimum Gasteiger partial charge on any atom is -0.545 e. The molecular weight excluding hydrogens is 167 g/mol. The van der Waals surface area contributed by atoms with Gasteiger partial charge in [0.05, 0.1) is 5.97 Å². The molecule has 58 valence electrons. The van der Waals surface area contributed by atoms with Gasteiger partial charge in [0.15, 0.2) is 0 Å². The number of benzene rings is 1. The normalized spacial score (nSPS) is 8.67. The fraction of sp³-hybridized carbons (Fsp3) is 0. The molecule has 1 aromatic rings. The summed E-state index contributed by atoms with van der Waals surface area (Å²) >= 11 is 0. The molecule has 0 heterocycles. The Morgan fingerprint density at radius 1 is 1.33 bits per heavy atom. The summed E-state index contributed by atoms with van der Waals surface area (Å²) in [6.45, 7) is 0. The molecule has 1 rings (SSSR count). The molecule has 0 aliphatic rings. The molecule has 12 heavy (non-hydrogen) atoms. The second-order valence-corrected chi connectivity index (χ2v) is 2.13. The maximum Gasteiger partial charge on any atom is 1.00 e. The van der Waals surface area contributed by atoms with Gasteiger partial charge >= 0.3 is 29.6 Å². The molecule has 0 bridgehead atoms. The van der Waals surface area contributed by atoms with Gasteiger partial charge < -0.3 is 21.4 Å². The zero-order chi connectivity index (χ0) is 8.43. The number of anilines is 2. The summed E-state index contributed by atoms with van der Waals surface area (Å²) in [6, 6.07) is 4.16. The zero-order valence-electron chi connectivity index (χ0n) is 6.70. The Balaban J connectivity index is 0.00000121. The van der Waals surface area contributed by atoms with Crippen molar-refractivity contribution in [1.29, 1.82) is 0 Å². The van der Waals surface area contributed by atoms with Crippen LogP contribution in [0, 0.1) is 0 Å². The Kier molecular flexibility index (Phi) is 4.09. The zero-order valence-corrected chi connectivity index (χ0v) is 8.70. The largest absolute Gasteiger partial charge is 1.00 e. The van der Waals surface area contributed by atoms with Crippen molar-refractivity contribution in [3.63, 3.8) is 0 Å². The van der Waals surface area contributed by atoms with E-state index in [1.165, 1.54) is 18.2 Å². The van der Waals surface area contributed by atoms with E-state index in [2.05, 4.69) is 0 Å². The summed E-state index contributed by atoms with van der Waals surface area (Å²) in [5.41, 5.74) is 11.2. The number of carboxylic acid groups (broad SMARTS) is 1.